The van der Waals surface area contributed by atoms with Gasteiger partial charge in [0.1, 0.15) is 0 Å². The van der Waals surface area contributed by atoms with Gasteiger partial charge in [0.15, 0.2) is 0 Å². The van der Waals surface area contributed by atoms with E-state index in [0.717, 1.165) is 0 Å². The third-order valence-corrected chi connectivity index (χ3v) is 6.01. The van der Waals surface area contributed by atoms with E-state index in [2.05, 4.69) is 19.6 Å². The van der Waals surface area contributed by atoms with Crippen molar-refractivity contribution < 1.29 is 23.1 Å². The second-order valence-electron chi connectivity index (χ2n) is 4.71. The molecule has 7 heteroatoms. The number of nitrogens with two attached hydrogens (primary N) is 1. The number of hydrogen-bond donors (Lipinski definition) is 2. The number of rotatable bonds is 1. The van der Waals surface area contributed by atoms with Gasteiger partial charge in [-0.2, -0.15) is 13.2 Å². The second kappa shape index (κ2) is 4.13. The van der Waals surface area contributed by atoms with Gasteiger partial charge in [0.25, 0.3) is 0 Å². The molecule has 0 saturated heterocycles. The maximum atomic E-state index is 10.6. The summed E-state index contributed by atoms with van der Waals surface area (Å²) >= 11 is 0. The molecule has 0 radical (unpaired) electrons. The molecule has 0 heterocycles. The zero-order valence-corrected chi connectivity index (χ0v) is 9.98. The topological polar surface area (TPSA) is 63.3 Å². The molecule has 1 aliphatic rings. The van der Waals surface area contributed by atoms with E-state index in [0.29, 0.717) is 5.16 Å². The van der Waals surface area contributed by atoms with Crippen molar-refractivity contribution >= 4 is 14.0 Å². The van der Waals surface area contributed by atoms with E-state index in [1.54, 1.807) is 0 Å². The molecule has 0 aromatic rings. The lowest BCUT2D eigenvalue weighted by molar-refractivity contribution is -0.192. The first-order valence-corrected chi connectivity index (χ1v) is 7.99. The van der Waals surface area contributed by atoms with Gasteiger partial charge in [-0.3, -0.25) is 0 Å². The third-order valence-electron chi connectivity index (χ3n) is 2.52. The van der Waals surface area contributed by atoms with Gasteiger partial charge in [-0.1, -0.05) is 19.6 Å². The van der Waals surface area contributed by atoms with Crippen LogP contribution in [0, 0.1) is 0 Å². The average molecular weight is 243 g/mol. The summed E-state index contributed by atoms with van der Waals surface area (Å²) in [6.45, 7) is 7.04. The van der Waals surface area contributed by atoms with Gasteiger partial charge >= 0.3 is 12.1 Å². The normalized spacial score (nSPS) is 18.9. The Morgan fingerprint density at radius 3 is 1.60 bits per heavy atom. The number of aliphatic carboxylic acids is 1. The molecule has 0 unspecified atom stereocenters. The first-order chi connectivity index (χ1) is 6.40. The van der Waals surface area contributed by atoms with Crippen molar-refractivity contribution in [3.8, 4) is 0 Å². The highest BCUT2D eigenvalue weighted by molar-refractivity contribution is 6.80. The molecule has 0 spiro atoms. The number of halogens is 3. The Kier molecular flexibility index (Phi) is 3.97. The maximum absolute atomic E-state index is 10.6. The zero-order chi connectivity index (χ0) is 12.5. The van der Waals surface area contributed by atoms with Crippen LogP contribution >= 0.6 is 0 Å². The summed E-state index contributed by atoms with van der Waals surface area (Å²) in [5, 5.41) is 7.45. The fourth-order valence-corrected chi connectivity index (χ4v) is 2.51. The number of carboxylic acid groups (broad SMARTS) is 1. The van der Waals surface area contributed by atoms with Crippen LogP contribution in [-0.2, 0) is 4.79 Å². The van der Waals surface area contributed by atoms with Gasteiger partial charge in [0.2, 0.25) is 0 Å². The molecular weight excluding hydrogens is 227 g/mol. The Morgan fingerprint density at radius 2 is 1.60 bits per heavy atom. The Balaban J connectivity index is 0.000000265. The number of carbonyl (C=O) groups is 1. The molecular formula is C8H16F3NO2Si. The Bertz CT molecular complexity index is 240. The molecule has 0 amide bonds. The van der Waals surface area contributed by atoms with Gasteiger partial charge in [-0.25, -0.2) is 4.79 Å². The molecule has 0 bridgehead atoms. The first kappa shape index (κ1) is 14.4. The molecule has 0 atom stereocenters. The highest BCUT2D eigenvalue weighted by Crippen LogP contribution is 2.40. The standard InChI is InChI=1S/C6H15NSi.C2HF3O2/c1-8(2,3)6(7)4-5-6;3-2(4,5)1(6)7/h4-5,7H2,1-3H3;(H,6,7). The maximum Gasteiger partial charge on any atom is 0.490 e. The minimum absolute atomic E-state index is 0.326. The van der Waals surface area contributed by atoms with Crippen molar-refractivity contribution in [2.45, 2.75) is 43.8 Å². The highest BCUT2D eigenvalue weighted by atomic mass is 28.3. The largest absolute Gasteiger partial charge is 0.490 e. The zero-order valence-electron chi connectivity index (χ0n) is 8.98. The fourth-order valence-electron chi connectivity index (χ4n) is 0.885. The lowest BCUT2D eigenvalue weighted by Crippen LogP contribution is -2.47. The predicted molar refractivity (Wildman–Crippen MR) is 53.2 cm³/mol. The number of hydrogen-bond acceptors (Lipinski definition) is 2. The molecule has 1 rings (SSSR count). The highest BCUT2D eigenvalue weighted by Gasteiger charge is 2.49. The lowest BCUT2D eigenvalue weighted by atomic mass is 10.7. The van der Waals surface area contributed by atoms with E-state index in [4.69, 9.17) is 15.6 Å². The molecule has 15 heavy (non-hydrogen) atoms. The second-order valence-corrected chi connectivity index (χ2v) is 10.2. The summed E-state index contributed by atoms with van der Waals surface area (Å²) < 4.78 is 31.7. The van der Waals surface area contributed by atoms with Crippen LogP contribution in [0.25, 0.3) is 0 Å². The van der Waals surface area contributed by atoms with Crippen LogP contribution in [0.4, 0.5) is 13.2 Å². The van der Waals surface area contributed by atoms with Crippen molar-refractivity contribution in [2.75, 3.05) is 0 Å². The Hall–Kier alpha value is -0.563. The van der Waals surface area contributed by atoms with Crippen molar-refractivity contribution in [1.29, 1.82) is 0 Å². The van der Waals surface area contributed by atoms with Crippen molar-refractivity contribution in [3.63, 3.8) is 0 Å². The summed E-state index contributed by atoms with van der Waals surface area (Å²) in [5.41, 5.74) is 5.99. The quantitative estimate of drug-likeness (QED) is 0.692. The summed E-state index contributed by atoms with van der Waals surface area (Å²) in [5.74, 6) is -2.76. The molecule has 90 valence electrons. The summed E-state index contributed by atoms with van der Waals surface area (Å²) in [7, 11) is -0.970. The number of carboxylic acids is 1. The summed E-state index contributed by atoms with van der Waals surface area (Å²) in [4.78, 5) is 8.90. The van der Waals surface area contributed by atoms with Crippen molar-refractivity contribution in [2.24, 2.45) is 5.73 Å². The molecule has 0 aromatic heterocycles. The summed E-state index contributed by atoms with van der Waals surface area (Å²) in [6, 6.07) is 0. The van der Waals surface area contributed by atoms with Crippen LogP contribution in [0.5, 0.6) is 0 Å². The molecule has 1 aliphatic carbocycles. The lowest BCUT2D eigenvalue weighted by Gasteiger charge is -2.23. The van der Waals surface area contributed by atoms with Crippen LogP contribution in [0.2, 0.25) is 19.6 Å². The van der Waals surface area contributed by atoms with Crippen molar-refractivity contribution in [3.05, 3.63) is 0 Å². The fraction of sp³-hybridized carbons (Fsp3) is 0.875. The van der Waals surface area contributed by atoms with E-state index < -0.39 is 20.2 Å². The van der Waals surface area contributed by atoms with E-state index in [1.807, 2.05) is 0 Å². The molecule has 0 aliphatic heterocycles. The minimum Gasteiger partial charge on any atom is -0.475 e. The molecule has 3 nitrogen and oxygen atoms in total. The monoisotopic (exact) mass is 243 g/mol. The SMILES string of the molecule is C[Si](C)(C)C1(N)CC1.O=C(O)C(F)(F)F. The molecule has 1 fully saturated rings. The van der Waals surface area contributed by atoms with Gasteiger partial charge in [-0.15, -0.1) is 0 Å². The van der Waals surface area contributed by atoms with E-state index >= 15 is 0 Å². The van der Waals surface area contributed by atoms with E-state index in [1.165, 1.54) is 12.8 Å². The van der Waals surface area contributed by atoms with Crippen LogP contribution in [-0.4, -0.2) is 30.5 Å². The number of alkyl halides is 3. The predicted octanol–water partition coefficient (Wildman–Crippen LogP) is 1.99. The summed E-state index contributed by atoms with van der Waals surface area (Å²) in [6.07, 6.45) is -2.52. The van der Waals surface area contributed by atoms with Gasteiger partial charge < -0.3 is 10.8 Å². The van der Waals surface area contributed by atoms with Gasteiger partial charge in [0, 0.05) is 5.16 Å². The van der Waals surface area contributed by atoms with Crippen LogP contribution in [0.3, 0.4) is 0 Å². The third kappa shape index (κ3) is 4.65. The van der Waals surface area contributed by atoms with Crippen LogP contribution in [0.15, 0.2) is 0 Å². The Morgan fingerprint density at radius 1 is 1.33 bits per heavy atom. The van der Waals surface area contributed by atoms with Crippen LogP contribution < -0.4 is 5.73 Å². The first-order valence-electron chi connectivity index (χ1n) is 4.49. The van der Waals surface area contributed by atoms with E-state index in [9.17, 15) is 13.2 Å². The van der Waals surface area contributed by atoms with E-state index in [-0.39, 0.29) is 0 Å². The van der Waals surface area contributed by atoms with Crippen molar-refractivity contribution in [1.82, 2.24) is 0 Å². The molecule has 3 N–H and O–H groups in total. The van der Waals surface area contributed by atoms with Gasteiger partial charge in [-0.05, 0) is 12.8 Å². The van der Waals surface area contributed by atoms with Gasteiger partial charge in [0.05, 0.1) is 8.07 Å². The molecule has 1 saturated carbocycles. The minimum atomic E-state index is -5.08. The molecule has 0 aromatic carbocycles. The smallest absolute Gasteiger partial charge is 0.475 e. The Labute approximate surface area is 87.5 Å². The average Bonchev–Trinajstić information content (AvgIpc) is 2.66. The van der Waals surface area contributed by atoms with Crippen LogP contribution in [0.1, 0.15) is 12.8 Å².